The summed E-state index contributed by atoms with van der Waals surface area (Å²) in [4.78, 5) is 11.9. The van der Waals surface area contributed by atoms with Crippen LogP contribution < -0.4 is 15.8 Å². The van der Waals surface area contributed by atoms with Gasteiger partial charge in [0.1, 0.15) is 5.75 Å². The van der Waals surface area contributed by atoms with E-state index in [4.69, 9.17) is 22.1 Å². The molecule has 0 fully saturated rings. The van der Waals surface area contributed by atoms with E-state index in [0.717, 1.165) is 11.3 Å². The summed E-state index contributed by atoms with van der Waals surface area (Å²) in [6.45, 7) is 2.21. The smallest absolute Gasteiger partial charge is 0.227 e. The van der Waals surface area contributed by atoms with Crippen LogP contribution in [0, 0.1) is 6.92 Å². The maximum atomic E-state index is 11.9. The molecule has 1 amide bonds. The van der Waals surface area contributed by atoms with Crippen LogP contribution in [0.25, 0.3) is 0 Å². The van der Waals surface area contributed by atoms with Gasteiger partial charge < -0.3 is 15.8 Å². The molecule has 2 aromatic rings. The molecule has 2 aromatic carbocycles. The van der Waals surface area contributed by atoms with E-state index in [-0.39, 0.29) is 12.3 Å². The Morgan fingerprint density at radius 1 is 1.24 bits per heavy atom. The van der Waals surface area contributed by atoms with Gasteiger partial charge >= 0.3 is 0 Å². The number of ether oxygens (including phenoxy) is 1. The Bertz CT molecular complexity index is 627. The molecule has 21 heavy (non-hydrogen) atoms. The topological polar surface area (TPSA) is 64.3 Å². The third kappa shape index (κ3) is 4.68. The molecule has 0 aromatic heterocycles. The zero-order chi connectivity index (χ0) is 15.2. The van der Waals surface area contributed by atoms with Gasteiger partial charge in [0.2, 0.25) is 5.91 Å². The van der Waals surface area contributed by atoms with Gasteiger partial charge in [-0.05, 0) is 55.0 Å². The summed E-state index contributed by atoms with van der Waals surface area (Å²) in [5.74, 6) is 0.590. The normalized spacial score (nSPS) is 10.2. The highest BCUT2D eigenvalue weighted by atomic mass is 35.5. The quantitative estimate of drug-likeness (QED) is 0.829. The molecule has 110 valence electrons. The summed E-state index contributed by atoms with van der Waals surface area (Å²) in [5, 5.41) is 3.49. The van der Waals surface area contributed by atoms with Gasteiger partial charge in [-0.1, -0.05) is 11.6 Å². The summed E-state index contributed by atoms with van der Waals surface area (Å²) in [6.07, 6.45) is 0.270. The van der Waals surface area contributed by atoms with Crippen LogP contribution >= 0.6 is 11.6 Å². The fraction of sp³-hybridized carbons (Fsp3) is 0.188. The molecule has 5 heteroatoms. The third-order valence-electron chi connectivity index (χ3n) is 2.94. The first-order valence-electron chi connectivity index (χ1n) is 6.59. The first kappa shape index (κ1) is 15.2. The van der Waals surface area contributed by atoms with Gasteiger partial charge in [0.05, 0.1) is 13.0 Å². The number of nitrogens with one attached hydrogen (secondary N) is 1. The molecular formula is C16H17ClN2O2. The average molecular weight is 305 g/mol. The zero-order valence-corrected chi connectivity index (χ0v) is 12.5. The number of aryl methyl sites for hydroxylation is 1. The predicted octanol–water partition coefficient (Wildman–Crippen LogP) is 3.64. The number of carbonyl (C=O) groups is 1. The highest BCUT2D eigenvalue weighted by Gasteiger charge is 2.05. The van der Waals surface area contributed by atoms with Crippen LogP contribution in [0.5, 0.6) is 5.75 Å². The van der Waals surface area contributed by atoms with Gasteiger partial charge in [-0.2, -0.15) is 0 Å². The SMILES string of the molecule is Cc1cc(N)ccc1NC(=O)CCOc1ccc(Cl)cc1. The molecule has 4 nitrogen and oxygen atoms in total. The van der Waals surface area contributed by atoms with E-state index in [1.165, 1.54) is 0 Å². The molecular weight excluding hydrogens is 288 g/mol. The number of hydrogen-bond donors (Lipinski definition) is 2. The van der Waals surface area contributed by atoms with Gasteiger partial charge in [-0.25, -0.2) is 0 Å². The molecule has 0 heterocycles. The second-order valence-electron chi connectivity index (χ2n) is 4.67. The van der Waals surface area contributed by atoms with Crippen molar-refractivity contribution in [3.8, 4) is 5.75 Å². The van der Waals surface area contributed by atoms with Crippen LogP contribution in [0.3, 0.4) is 0 Å². The van der Waals surface area contributed by atoms with Crippen molar-refractivity contribution >= 4 is 28.9 Å². The van der Waals surface area contributed by atoms with Crippen molar-refractivity contribution in [2.45, 2.75) is 13.3 Å². The highest BCUT2D eigenvalue weighted by Crippen LogP contribution is 2.18. The van der Waals surface area contributed by atoms with Gasteiger partial charge in [0.25, 0.3) is 0 Å². The Balaban J connectivity index is 1.81. The summed E-state index contributed by atoms with van der Waals surface area (Å²) < 4.78 is 5.48. The van der Waals surface area contributed by atoms with E-state index in [1.54, 1.807) is 36.4 Å². The van der Waals surface area contributed by atoms with Crippen LogP contribution in [0.1, 0.15) is 12.0 Å². The van der Waals surface area contributed by atoms with Crippen molar-refractivity contribution in [1.82, 2.24) is 0 Å². The van der Waals surface area contributed by atoms with Gasteiger partial charge in [-0.15, -0.1) is 0 Å². The molecule has 0 aliphatic rings. The Kier molecular flexibility index (Phi) is 5.06. The lowest BCUT2D eigenvalue weighted by Crippen LogP contribution is -2.15. The van der Waals surface area contributed by atoms with E-state index in [1.807, 2.05) is 13.0 Å². The number of nitrogen functional groups attached to an aromatic ring is 1. The maximum absolute atomic E-state index is 11.9. The lowest BCUT2D eigenvalue weighted by Gasteiger charge is -2.10. The minimum absolute atomic E-state index is 0.100. The minimum Gasteiger partial charge on any atom is -0.493 e. The number of rotatable bonds is 5. The zero-order valence-electron chi connectivity index (χ0n) is 11.7. The van der Waals surface area contributed by atoms with E-state index >= 15 is 0 Å². The van der Waals surface area contributed by atoms with Crippen molar-refractivity contribution in [3.63, 3.8) is 0 Å². The van der Waals surface area contributed by atoms with E-state index < -0.39 is 0 Å². The van der Waals surface area contributed by atoms with Crippen molar-refractivity contribution < 1.29 is 9.53 Å². The van der Waals surface area contributed by atoms with E-state index in [0.29, 0.717) is 23.1 Å². The van der Waals surface area contributed by atoms with Crippen LogP contribution in [0.2, 0.25) is 5.02 Å². The number of nitrogens with two attached hydrogens (primary N) is 1. The number of carbonyl (C=O) groups excluding carboxylic acids is 1. The first-order chi connectivity index (χ1) is 10.0. The predicted molar refractivity (Wildman–Crippen MR) is 85.8 cm³/mol. The molecule has 0 bridgehead atoms. The van der Waals surface area contributed by atoms with Crippen molar-refractivity contribution in [2.75, 3.05) is 17.7 Å². The van der Waals surface area contributed by atoms with Gasteiger partial charge in [-0.3, -0.25) is 4.79 Å². The molecule has 0 saturated heterocycles. The van der Waals surface area contributed by atoms with E-state index in [2.05, 4.69) is 5.32 Å². The number of hydrogen-bond acceptors (Lipinski definition) is 3. The molecule has 0 unspecified atom stereocenters. The Morgan fingerprint density at radius 3 is 2.62 bits per heavy atom. The summed E-state index contributed by atoms with van der Waals surface area (Å²) in [5.41, 5.74) is 8.05. The third-order valence-corrected chi connectivity index (χ3v) is 3.19. The minimum atomic E-state index is -0.100. The van der Waals surface area contributed by atoms with Crippen LogP contribution in [0.15, 0.2) is 42.5 Å². The Hall–Kier alpha value is -2.20. The van der Waals surface area contributed by atoms with E-state index in [9.17, 15) is 4.79 Å². The number of anilines is 2. The van der Waals surface area contributed by atoms with Crippen LogP contribution in [-0.4, -0.2) is 12.5 Å². The molecule has 0 aliphatic carbocycles. The Labute approximate surface area is 128 Å². The molecule has 3 N–H and O–H groups in total. The van der Waals surface area contributed by atoms with Crippen LogP contribution in [-0.2, 0) is 4.79 Å². The number of halogens is 1. The average Bonchev–Trinajstić information content (AvgIpc) is 2.44. The van der Waals surface area contributed by atoms with Crippen molar-refractivity contribution in [1.29, 1.82) is 0 Å². The monoisotopic (exact) mass is 304 g/mol. The lowest BCUT2D eigenvalue weighted by atomic mass is 10.2. The second-order valence-corrected chi connectivity index (χ2v) is 5.11. The number of benzene rings is 2. The fourth-order valence-corrected chi connectivity index (χ4v) is 1.96. The number of amides is 1. The maximum Gasteiger partial charge on any atom is 0.227 e. The van der Waals surface area contributed by atoms with Gasteiger partial charge in [0.15, 0.2) is 0 Å². The molecule has 0 radical (unpaired) electrons. The molecule has 0 spiro atoms. The van der Waals surface area contributed by atoms with Crippen molar-refractivity contribution in [3.05, 3.63) is 53.1 Å². The summed E-state index contributed by atoms with van der Waals surface area (Å²) in [7, 11) is 0. The lowest BCUT2D eigenvalue weighted by molar-refractivity contribution is -0.116. The highest BCUT2D eigenvalue weighted by molar-refractivity contribution is 6.30. The van der Waals surface area contributed by atoms with Crippen molar-refractivity contribution in [2.24, 2.45) is 0 Å². The standard InChI is InChI=1S/C16H17ClN2O2/c1-11-10-13(18)4-7-15(11)19-16(20)8-9-21-14-5-2-12(17)3-6-14/h2-7,10H,8-9,18H2,1H3,(H,19,20). The largest absolute Gasteiger partial charge is 0.493 e. The molecule has 0 atom stereocenters. The first-order valence-corrected chi connectivity index (χ1v) is 6.97. The second kappa shape index (κ2) is 6.99. The molecule has 2 rings (SSSR count). The van der Waals surface area contributed by atoms with Crippen LogP contribution in [0.4, 0.5) is 11.4 Å². The van der Waals surface area contributed by atoms with Gasteiger partial charge in [0, 0.05) is 16.4 Å². The molecule has 0 saturated carbocycles. The fourth-order valence-electron chi connectivity index (χ4n) is 1.83. The summed E-state index contributed by atoms with van der Waals surface area (Å²) in [6, 6.07) is 12.4. The Morgan fingerprint density at radius 2 is 1.95 bits per heavy atom. The molecule has 0 aliphatic heterocycles. The summed E-state index contributed by atoms with van der Waals surface area (Å²) >= 11 is 5.78.